The summed E-state index contributed by atoms with van der Waals surface area (Å²) in [6.45, 7) is 3.97. The van der Waals surface area contributed by atoms with Crippen LogP contribution in [0.1, 0.15) is 46.4 Å². The summed E-state index contributed by atoms with van der Waals surface area (Å²) in [6, 6.07) is 15.8. The predicted octanol–water partition coefficient (Wildman–Crippen LogP) is 5.34. The number of halogens is 1. The third-order valence-electron chi connectivity index (χ3n) is 6.02. The van der Waals surface area contributed by atoms with Gasteiger partial charge in [-0.05, 0) is 55.3 Å². The minimum atomic E-state index is -1.05. The molecule has 1 amide bonds. The van der Waals surface area contributed by atoms with Gasteiger partial charge in [-0.2, -0.15) is 0 Å². The number of ether oxygens (including phenoxy) is 2. The maximum Gasteiger partial charge on any atom is 0.338 e. The Labute approximate surface area is 213 Å². The Morgan fingerprint density at radius 1 is 1.05 bits per heavy atom. The number of benzene rings is 3. The maximum atomic E-state index is 14.1. The van der Waals surface area contributed by atoms with Crippen molar-refractivity contribution in [1.82, 2.24) is 0 Å². The van der Waals surface area contributed by atoms with E-state index in [-0.39, 0.29) is 34.7 Å². The topological polar surface area (TPSA) is 93.1 Å². The Hall–Kier alpha value is -4.46. The lowest BCUT2D eigenvalue weighted by Crippen LogP contribution is -2.29. The lowest BCUT2D eigenvalue weighted by molar-refractivity contribution is -0.132. The lowest BCUT2D eigenvalue weighted by Gasteiger charge is -2.26. The molecule has 4 rings (SSSR count). The van der Waals surface area contributed by atoms with E-state index in [0.29, 0.717) is 12.0 Å². The number of esters is 1. The molecular weight excluding hydrogens is 477 g/mol. The van der Waals surface area contributed by atoms with Gasteiger partial charge in [0.05, 0.1) is 36.5 Å². The highest BCUT2D eigenvalue weighted by molar-refractivity contribution is 6.51. The van der Waals surface area contributed by atoms with Gasteiger partial charge in [-0.25, -0.2) is 9.18 Å². The maximum absolute atomic E-state index is 14.1. The zero-order valence-corrected chi connectivity index (χ0v) is 20.7. The van der Waals surface area contributed by atoms with Gasteiger partial charge in [-0.1, -0.05) is 42.8 Å². The van der Waals surface area contributed by atoms with Crippen LogP contribution in [0.2, 0.25) is 0 Å². The van der Waals surface area contributed by atoms with Crippen LogP contribution in [0.25, 0.3) is 5.76 Å². The smallest absolute Gasteiger partial charge is 0.338 e. The summed E-state index contributed by atoms with van der Waals surface area (Å²) in [6.07, 6.45) is 0.650. The van der Waals surface area contributed by atoms with Crippen molar-refractivity contribution in [2.45, 2.75) is 26.3 Å². The van der Waals surface area contributed by atoms with Crippen molar-refractivity contribution < 1.29 is 33.4 Å². The van der Waals surface area contributed by atoms with Crippen LogP contribution >= 0.6 is 0 Å². The van der Waals surface area contributed by atoms with Gasteiger partial charge >= 0.3 is 5.97 Å². The first-order chi connectivity index (χ1) is 17.8. The number of carbonyl (C=O) groups excluding carboxylic acids is 3. The summed E-state index contributed by atoms with van der Waals surface area (Å²) in [5, 5.41) is 11.3. The second-order valence-electron chi connectivity index (χ2n) is 8.61. The SMILES string of the molecule is CCCOC(=O)c1cccc(N2C(=O)C(=O)/C(=C(/O)c3cc(F)ccc3OC)C2c2cccc(C)c2)c1. The first-order valence-electron chi connectivity index (χ1n) is 11.8. The molecule has 1 unspecified atom stereocenters. The summed E-state index contributed by atoms with van der Waals surface area (Å²) in [5.41, 5.74) is 1.61. The van der Waals surface area contributed by atoms with Crippen molar-refractivity contribution in [3.05, 3.63) is 100 Å². The van der Waals surface area contributed by atoms with Crippen LogP contribution in [0.15, 0.2) is 72.3 Å². The number of aliphatic hydroxyl groups excluding tert-OH is 1. The Balaban J connectivity index is 1.93. The Kier molecular flexibility index (Phi) is 7.38. The second-order valence-corrected chi connectivity index (χ2v) is 8.61. The van der Waals surface area contributed by atoms with Crippen LogP contribution in [-0.2, 0) is 14.3 Å². The fourth-order valence-electron chi connectivity index (χ4n) is 4.33. The van der Waals surface area contributed by atoms with Gasteiger partial charge < -0.3 is 14.6 Å². The Bertz CT molecular complexity index is 1410. The Morgan fingerprint density at radius 3 is 2.51 bits per heavy atom. The zero-order valence-electron chi connectivity index (χ0n) is 20.7. The zero-order chi connectivity index (χ0) is 26.7. The minimum absolute atomic E-state index is 0.0601. The minimum Gasteiger partial charge on any atom is -0.507 e. The predicted molar refractivity (Wildman–Crippen MR) is 136 cm³/mol. The molecule has 1 N–H and O–H groups in total. The first kappa shape index (κ1) is 25.6. The van der Waals surface area contributed by atoms with Crippen LogP contribution in [-0.4, -0.2) is 36.5 Å². The number of rotatable bonds is 7. The molecule has 3 aromatic carbocycles. The van der Waals surface area contributed by atoms with Gasteiger partial charge in [0.25, 0.3) is 11.7 Å². The average molecular weight is 504 g/mol. The summed E-state index contributed by atoms with van der Waals surface area (Å²) in [5.74, 6) is -3.49. The van der Waals surface area contributed by atoms with E-state index < -0.39 is 35.3 Å². The first-order valence-corrected chi connectivity index (χ1v) is 11.8. The molecular formula is C29H26FNO6. The molecule has 190 valence electrons. The quantitative estimate of drug-likeness (QED) is 0.203. The number of Topliss-reactive ketones (excluding diaryl/α,β-unsaturated/α-hetero) is 1. The molecule has 1 saturated heterocycles. The van der Waals surface area contributed by atoms with Crippen LogP contribution in [0.4, 0.5) is 10.1 Å². The Morgan fingerprint density at radius 2 is 1.81 bits per heavy atom. The van der Waals surface area contributed by atoms with Crippen molar-refractivity contribution in [3.8, 4) is 5.75 Å². The van der Waals surface area contributed by atoms with E-state index in [1.807, 2.05) is 19.9 Å². The van der Waals surface area contributed by atoms with E-state index in [4.69, 9.17) is 9.47 Å². The number of amides is 1. The summed E-state index contributed by atoms with van der Waals surface area (Å²) in [7, 11) is 1.35. The highest BCUT2D eigenvalue weighted by atomic mass is 19.1. The molecule has 0 bridgehead atoms. The number of aliphatic hydroxyl groups is 1. The number of anilines is 1. The van der Waals surface area contributed by atoms with Crippen LogP contribution < -0.4 is 9.64 Å². The fraction of sp³-hybridized carbons (Fsp3) is 0.207. The lowest BCUT2D eigenvalue weighted by atomic mass is 9.94. The fourth-order valence-corrected chi connectivity index (χ4v) is 4.33. The monoisotopic (exact) mass is 503 g/mol. The highest BCUT2D eigenvalue weighted by Crippen LogP contribution is 2.43. The van der Waals surface area contributed by atoms with E-state index >= 15 is 0 Å². The van der Waals surface area contributed by atoms with Crippen LogP contribution in [0.5, 0.6) is 5.75 Å². The van der Waals surface area contributed by atoms with Crippen molar-refractivity contribution in [2.24, 2.45) is 0 Å². The van der Waals surface area contributed by atoms with E-state index in [9.17, 15) is 23.9 Å². The van der Waals surface area contributed by atoms with Gasteiger partial charge in [0.1, 0.15) is 17.3 Å². The van der Waals surface area contributed by atoms with Crippen molar-refractivity contribution in [1.29, 1.82) is 0 Å². The van der Waals surface area contributed by atoms with Gasteiger partial charge in [0.2, 0.25) is 0 Å². The van der Waals surface area contributed by atoms with Gasteiger partial charge in [0.15, 0.2) is 0 Å². The molecule has 0 aliphatic carbocycles. The molecule has 3 aromatic rings. The van der Waals surface area contributed by atoms with Gasteiger partial charge in [-0.3, -0.25) is 14.5 Å². The van der Waals surface area contributed by atoms with Crippen molar-refractivity contribution in [2.75, 3.05) is 18.6 Å². The summed E-state index contributed by atoms with van der Waals surface area (Å²) in [4.78, 5) is 40.5. The number of hydrogen-bond donors (Lipinski definition) is 1. The normalized spacial score (nSPS) is 16.6. The third-order valence-corrected chi connectivity index (χ3v) is 6.02. The highest BCUT2D eigenvalue weighted by Gasteiger charge is 2.47. The number of methoxy groups -OCH3 is 1. The molecule has 0 saturated carbocycles. The van der Waals surface area contributed by atoms with E-state index in [0.717, 1.165) is 17.7 Å². The van der Waals surface area contributed by atoms with Crippen molar-refractivity contribution in [3.63, 3.8) is 0 Å². The standard InChI is InChI=1S/C29H26FNO6/c1-4-13-37-29(35)19-9-6-10-21(15-19)31-25(18-8-5-7-17(2)14-18)24(27(33)28(31)34)26(32)22-16-20(30)11-12-23(22)36-3/h5-12,14-16,25,32H,4,13H2,1-3H3/b26-24+. The van der Waals surface area contributed by atoms with Gasteiger partial charge in [0, 0.05) is 5.69 Å². The average Bonchev–Trinajstić information content (AvgIpc) is 3.17. The molecule has 7 nitrogen and oxygen atoms in total. The molecule has 8 heteroatoms. The third kappa shape index (κ3) is 4.95. The molecule has 1 aliphatic heterocycles. The number of aryl methyl sites for hydroxylation is 1. The van der Waals surface area contributed by atoms with Gasteiger partial charge in [-0.15, -0.1) is 0 Å². The van der Waals surface area contributed by atoms with E-state index in [1.165, 1.54) is 24.1 Å². The van der Waals surface area contributed by atoms with Crippen LogP contribution in [0, 0.1) is 12.7 Å². The number of ketones is 1. The van der Waals surface area contributed by atoms with E-state index in [2.05, 4.69) is 0 Å². The second kappa shape index (κ2) is 10.7. The van der Waals surface area contributed by atoms with E-state index in [1.54, 1.807) is 36.4 Å². The molecule has 1 heterocycles. The number of hydrogen-bond acceptors (Lipinski definition) is 6. The summed E-state index contributed by atoms with van der Waals surface area (Å²) < 4.78 is 24.6. The summed E-state index contributed by atoms with van der Waals surface area (Å²) >= 11 is 0. The largest absolute Gasteiger partial charge is 0.507 e. The number of nitrogens with zero attached hydrogens (tertiary/aromatic N) is 1. The molecule has 1 aliphatic rings. The molecule has 0 spiro atoms. The molecule has 1 atom stereocenters. The van der Waals surface area contributed by atoms with Crippen molar-refractivity contribution >= 4 is 29.1 Å². The molecule has 0 aromatic heterocycles. The van der Waals surface area contributed by atoms with Crippen LogP contribution in [0.3, 0.4) is 0 Å². The molecule has 37 heavy (non-hydrogen) atoms. The molecule has 1 fully saturated rings. The number of carbonyl (C=O) groups is 3. The molecule has 0 radical (unpaired) electrons.